The Bertz CT molecular complexity index is 142. The normalized spacial score (nSPS) is 15.6. The van der Waals surface area contributed by atoms with Crippen molar-refractivity contribution in [3.8, 4) is 0 Å². The molecule has 0 rings (SSSR count). The Morgan fingerprint density at radius 1 is 0.933 bits per heavy atom. The average molecular weight is 214 g/mol. The second-order valence-corrected chi connectivity index (χ2v) is 5.38. The molecule has 0 aliphatic rings. The second-order valence-electron chi connectivity index (χ2n) is 5.38. The molecule has 0 fully saturated rings. The highest BCUT2D eigenvalue weighted by molar-refractivity contribution is 4.79. The summed E-state index contributed by atoms with van der Waals surface area (Å²) in [5.74, 6) is 0.605. The van der Waals surface area contributed by atoms with Crippen LogP contribution in [-0.2, 0) is 0 Å². The van der Waals surface area contributed by atoms with Gasteiger partial charge in [-0.1, -0.05) is 59.8 Å². The fraction of sp³-hybridized carbons (Fsp3) is 1.00. The highest BCUT2D eigenvalue weighted by Crippen LogP contribution is 2.28. The highest BCUT2D eigenvalue weighted by Gasteiger charge is 2.26. The first-order valence-corrected chi connectivity index (χ1v) is 6.76. The topological polar surface area (TPSA) is 20.2 Å². The molecule has 15 heavy (non-hydrogen) atoms. The van der Waals surface area contributed by atoms with Crippen molar-refractivity contribution in [3.05, 3.63) is 0 Å². The van der Waals surface area contributed by atoms with Gasteiger partial charge in [-0.05, 0) is 25.2 Å². The molecule has 0 saturated carbocycles. The summed E-state index contributed by atoms with van der Waals surface area (Å²) in [6, 6.07) is 0. The number of hydrogen-bond donors (Lipinski definition) is 1. The van der Waals surface area contributed by atoms with E-state index in [1.165, 1.54) is 25.7 Å². The van der Waals surface area contributed by atoms with Gasteiger partial charge in [-0.15, -0.1) is 0 Å². The maximum absolute atomic E-state index is 10.5. The molecule has 0 radical (unpaired) electrons. The summed E-state index contributed by atoms with van der Waals surface area (Å²) in [5, 5.41) is 10.5. The molecular weight excluding hydrogens is 184 g/mol. The molecule has 0 bridgehead atoms. The minimum absolute atomic E-state index is 0.376. The fourth-order valence-corrected chi connectivity index (χ4v) is 2.30. The van der Waals surface area contributed by atoms with Crippen molar-refractivity contribution < 1.29 is 5.11 Å². The SMILES string of the molecule is CCCCCC(O)(CCCC)CC(C)C. The zero-order valence-corrected chi connectivity index (χ0v) is 11.2. The zero-order chi connectivity index (χ0) is 11.7. The quantitative estimate of drug-likeness (QED) is 0.559. The Hall–Kier alpha value is -0.0400. The van der Waals surface area contributed by atoms with Crippen LogP contribution in [0.5, 0.6) is 0 Å². The summed E-state index contributed by atoms with van der Waals surface area (Å²) in [7, 11) is 0. The van der Waals surface area contributed by atoms with E-state index in [1.54, 1.807) is 0 Å². The monoisotopic (exact) mass is 214 g/mol. The van der Waals surface area contributed by atoms with Gasteiger partial charge in [0.05, 0.1) is 5.60 Å². The molecule has 0 saturated heterocycles. The van der Waals surface area contributed by atoms with Crippen molar-refractivity contribution in [2.24, 2.45) is 5.92 Å². The first kappa shape index (κ1) is 15.0. The standard InChI is InChI=1S/C14H30O/c1-5-7-9-11-14(15,10-8-6-2)12-13(3)4/h13,15H,5-12H2,1-4H3. The summed E-state index contributed by atoms with van der Waals surface area (Å²) in [6.45, 7) is 8.82. The molecular formula is C14H30O. The largest absolute Gasteiger partial charge is 0.390 e. The molecule has 0 aliphatic carbocycles. The van der Waals surface area contributed by atoms with E-state index in [2.05, 4.69) is 27.7 Å². The lowest BCUT2D eigenvalue weighted by Crippen LogP contribution is -2.30. The van der Waals surface area contributed by atoms with Crippen molar-refractivity contribution in [1.29, 1.82) is 0 Å². The Kier molecular flexibility index (Phi) is 8.13. The highest BCUT2D eigenvalue weighted by atomic mass is 16.3. The van der Waals surface area contributed by atoms with E-state index in [0.717, 1.165) is 25.7 Å². The summed E-state index contributed by atoms with van der Waals surface area (Å²) < 4.78 is 0. The van der Waals surface area contributed by atoms with Gasteiger partial charge in [0, 0.05) is 0 Å². The summed E-state index contributed by atoms with van der Waals surface area (Å²) in [5.41, 5.74) is -0.376. The predicted octanol–water partition coefficient (Wildman–Crippen LogP) is 4.53. The van der Waals surface area contributed by atoms with E-state index < -0.39 is 0 Å². The molecule has 0 aliphatic heterocycles. The average Bonchev–Trinajstić information content (AvgIpc) is 2.14. The van der Waals surface area contributed by atoms with Gasteiger partial charge in [0.2, 0.25) is 0 Å². The molecule has 0 aromatic heterocycles. The molecule has 1 unspecified atom stereocenters. The minimum atomic E-state index is -0.376. The van der Waals surface area contributed by atoms with Crippen LogP contribution in [0.3, 0.4) is 0 Å². The minimum Gasteiger partial charge on any atom is -0.390 e. The van der Waals surface area contributed by atoms with E-state index in [4.69, 9.17) is 0 Å². The van der Waals surface area contributed by atoms with Crippen LogP contribution in [0, 0.1) is 5.92 Å². The smallest absolute Gasteiger partial charge is 0.0650 e. The predicted molar refractivity (Wildman–Crippen MR) is 68.1 cm³/mol. The van der Waals surface area contributed by atoms with E-state index in [1.807, 2.05) is 0 Å². The Morgan fingerprint density at radius 3 is 1.93 bits per heavy atom. The zero-order valence-electron chi connectivity index (χ0n) is 11.2. The Labute approximate surface area is 96.3 Å². The number of unbranched alkanes of at least 4 members (excludes halogenated alkanes) is 3. The van der Waals surface area contributed by atoms with Crippen LogP contribution < -0.4 is 0 Å². The van der Waals surface area contributed by atoms with Gasteiger partial charge in [-0.3, -0.25) is 0 Å². The van der Waals surface area contributed by atoms with E-state index >= 15 is 0 Å². The molecule has 1 nitrogen and oxygen atoms in total. The molecule has 92 valence electrons. The van der Waals surface area contributed by atoms with Gasteiger partial charge in [-0.25, -0.2) is 0 Å². The van der Waals surface area contributed by atoms with Crippen LogP contribution in [0.15, 0.2) is 0 Å². The lowest BCUT2D eigenvalue weighted by Gasteiger charge is -2.30. The first-order valence-electron chi connectivity index (χ1n) is 6.76. The molecule has 0 amide bonds. The molecule has 0 aromatic rings. The van der Waals surface area contributed by atoms with E-state index in [0.29, 0.717) is 5.92 Å². The number of rotatable bonds is 9. The second kappa shape index (κ2) is 8.15. The third kappa shape index (κ3) is 7.84. The van der Waals surface area contributed by atoms with Crippen molar-refractivity contribution in [2.45, 2.75) is 84.7 Å². The van der Waals surface area contributed by atoms with Gasteiger partial charge >= 0.3 is 0 Å². The van der Waals surface area contributed by atoms with Crippen molar-refractivity contribution in [1.82, 2.24) is 0 Å². The molecule has 1 N–H and O–H groups in total. The van der Waals surface area contributed by atoms with Crippen molar-refractivity contribution >= 4 is 0 Å². The van der Waals surface area contributed by atoms with Crippen LogP contribution in [0.4, 0.5) is 0 Å². The van der Waals surface area contributed by atoms with Gasteiger partial charge in [0.15, 0.2) is 0 Å². The lowest BCUT2D eigenvalue weighted by atomic mass is 9.83. The van der Waals surface area contributed by atoms with Crippen LogP contribution in [0.25, 0.3) is 0 Å². The molecule has 1 atom stereocenters. The number of hydrogen-bond acceptors (Lipinski definition) is 1. The van der Waals surface area contributed by atoms with Gasteiger partial charge in [0.1, 0.15) is 0 Å². The first-order chi connectivity index (χ1) is 7.04. The van der Waals surface area contributed by atoms with Crippen LogP contribution in [-0.4, -0.2) is 10.7 Å². The van der Waals surface area contributed by atoms with Gasteiger partial charge in [-0.2, -0.15) is 0 Å². The van der Waals surface area contributed by atoms with Crippen LogP contribution in [0.1, 0.15) is 79.1 Å². The van der Waals surface area contributed by atoms with Crippen LogP contribution >= 0.6 is 0 Å². The van der Waals surface area contributed by atoms with E-state index in [9.17, 15) is 5.11 Å². The Morgan fingerprint density at radius 2 is 1.47 bits per heavy atom. The summed E-state index contributed by atoms with van der Waals surface area (Å²) >= 11 is 0. The summed E-state index contributed by atoms with van der Waals surface area (Å²) in [6.07, 6.45) is 8.99. The molecule has 0 spiro atoms. The van der Waals surface area contributed by atoms with Gasteiger partial charge < -0.3 is 5.11 Å². The third-order valence-corrected chi connectivity index (χ3v) is 3.03. The van der Waals surface area contributed by atoms with Crippen LogP contribution in [0.2, 0.25) is 0 Å². The van der Waals surface area contributed by atoms with Crippen molar-refractivity contribution in [2.75, 3.05) is 0 Å². The maximum Gasteiger partial charge on any atom is 0.0650 e. The van der Waals surface area contributed by atoms with Crippen molar-refractivity contribution in [3.63, 3.8) is 0 Å². The lowest BCUT2D eigenvalue weighted by molar-refractivity contribution is -0.000865. The van der Waals surface area contributed by atoms with Gasteiger partial charge in [0.25, 0.3) is 0 Å². The number of aliphatic hydroxyl groups is 1. The molecule has 0 heterocycles. The molecule has 0 aromatic carbocycles. The molecule has 1 heteroatoms. The van der Waals surface area contributed by atoms with E-state index in [-0.39, 0.29) is 5.60 Å². The maximum atomic E-state index is 10.5. The fourth-order valence-electron chi connectivity index (χ4n) is 2.30. The Balaban J connectivity index is 4.01. The summed E-state index contributed by atoms with van der Waals surface area (Å²) in [4.78, 5) is 0. The third-order valence-electron chi connectivity index (χ3n) is 3.03.